The van der Waals surface area contributed by atoms with Crippen LogP contribution in [0.4, 0.5) is 0 Å². The molecule has 92 valence electrons. The summed E-state index contributed by atoms with van der Waals surface area (Å²) in [6, 6.07) is 5.97. The van der Waals surface area contributed by atoms with Crippen molar-refractivity contribution in [2.24, 2.45) is 0 Å². The predicted octanol–water partition coefficient (Wildman–Crippen LogP) is 1.76. The summed E-state index contributed by atoms with van der Waals surface area (Å²) < 4.78 is 0. The summed E-state index contributed by atoms with van der Waals surface area (Å²) in [4.78, 5) is 15.4. The lowest BCUT2D eigenvalue weighted by molar-refractivity contribution is 0.0735. The zero-order valence-corrected chi connectivity index (χ0v) is 11.1. The van der Waals surface area contributed by atoms with E-state index in [0.717, 1.165) is 31.7 Å². The van der Waals surface area contributed by atoms with Gasteiger partial charge in [-0.25, -0.2) is 0 Å². The maximum atomic E-state index is 12.2. The van der Waals surface area contributed by atoms with Gasteiger partial charge >= 0.3 is 0 Å². The van der Waals surface area contributed by atoms with Gasteiger partial charge in [0.1, 0.15) is 0 Å². The molecule has 0 atom stereocenters. The van der Waals surface area contributed by atoms with Gasteiger partial charge in [0, 0.05) is 36.6 Å². The van der Waals surface area contributed by atoms with Crippen molar-refractivity contribution in [3.63, 3.8) is 0 Å². The fourth-order valence-corrected chi connectivity index (χ4v) is 2.65. The SMILES string of the molecule is CSc1ccc(C(=O)N2CCNCC2)cc1C. The molecule has 1 aromatic rings. The molecule has 1 fully saturated rings. The first kappa shape index (κ1) is 12.5. The molecule has 0 bridgehead atoms. The maximum absolute atomic E-state index is 12.2. The lowest BCUT2D eigenvalue weighted by Crippen LogP contribution is -2.46. The summed E-state index contributed by atoms with van der Waals surface area (Å²) in [5, 5.41) is 3.25. The third kappa shape index (κ3) is 2.82. The third-order valence-electron chi connectivity index (χ3n) is 3.05. The van der Waals surface area contributed by atoms with E-state index in [1.807, 2.05) is 23.1 Å². The molecule has 0 aliphatic carbocycles. The number of nitrogens with one attached hydrogen (secondary N) is 1. The molecule has 0 unspecified atom stereocenters. The highest BCUT2D eigenvalue weighted by Crippen LogP contribution is 2.21. The van der Waals surface area contributed by atoms with Gasteiger partial charge in [0.25, 0.3) is 5.91 Å². The van der Waals surface area contributed by atoms with E-state index in [2.05, 4.69) is 18.5 Å². The van der Waals surface area contributed by atoms with Crippen molar-refractivity contribution in [1.82, 2.24) is 10.2 Å². The Hall–Kier alpha value is -1.00. The van der Waals surface area contributed by atoms with Crippen LogP contribution in [0.15, 0.2) is 23.1 Å². The normalized spacial score (nSPS) is 16.0. The summed E-state index contributed by atoms with van der Waals surface area (Å²) in [5.74, 6) is 0.155. The summed E-state index contributed by atoms with van der Waals surface area (Å²) >= 11 is 1.72. The Morgan fingerprint density at radius 3 is 2.65 bits per heavy atom. The maximum Gasteiger partial charge on any atom is 0.253 e. The van der Waals surface area contributed by atoms with Gasteiger partial charge < -0.3 is 10.2 Å². The van der Waals surface area contributed by atoms with Gasteiger partial charge in [-0.3, -0.25) is 4.79 Å². The number of carbonyl (C=O) groups excluding carboxylic acids is 1. The standard InChI is InChI=1S/C13H18N2OS/c1-10-9-11(3-4-12(10)17-2)13(16)15-7-5-14-6-8-15/h3-4,9,14H,5-8H2,1-2H3. The molecule has 2 rings (SSSR count). The number of carbonyl (C=O) groups is 1. The molecular weight excluding hydrogens is 232 g/mol. The number of nitrogens with zero attached hydrogens (tertiary/aromatic N) is 1. The largest absolute Gasteiger partial charge is 0.336 e. The quantitative estimate of drug-likeness (QED) is 0.812. The number of thioether (sulfide) groups is 1. The second-order valence-corrected chi connectivity index (χ2v) is 5.07. The number of hydrogen-bond donors (Lipinski definition) is 1. The summed E-state index contributed by atoms with van der Waals surface area (Å²) in [6.45, 7) is 5.46. The summed E-state index contributed by atoms with van der Waals surface area (Å²) in [6.07, 6.45) is 2.06. The predicted molar refractivity (Wildman–Crippen MR) is 71.7 cm³/mol. The first-order valence-electron chi connectivity index (χ1n) is 5.87. The fraction of sp³-hybridized carbons (Fsp3) is 0.462. The van der Waals surface area contributed by atoms with Crippen LogP contribution in [0.5, 0.6) is 0 Å². The monoisotopic (exact) mass is 250 g/mol. The van der Waals surface area contributed by atoms with Crippen molar-refractivity contribution in [1.29, 1.82) is 0 Å². The van der Waals surface area contributed by atoms with E-state index in [1.165, 1.54) is 10.5 Å². The zero-order chi connectivity index (χ0) is 12.3. The average molecular weight is 250 g/mol. The van der Waals surface area contributed by atoms with Crippen LogP contribution in [0.25, 0.3) is 0 Å². The van der Waals surface area contributed by atoms with Gasteiger partial charge in [0.05, 0.1) is 0 Å². The molecule has 0 saturated carbocycles. The first-order chi connectivity index (χ1) is 8.22. The molecule has 1 amide bonds. The molecule has 1 aliphatic rings. The highest BCUT2D eigenvalue weighted by Gasteiger charge is 2.18. The number of hydrogen-bond acceptors (Lipinski definition) is 3. The van der Waals surface area contributed by atoms with Crippen LogP contribution >= 0.6 is 11.8 Å². The van der Waals surface area contributed by atoms with Crippen molar-refractivity contribution >= 4 is 17.7 Å². The van der Waals surface area contributed by atoms with Crippen LogP contribution in [0.1, 0.15) is 15.9 Å². The van der Waals surface area contributed by atoms with Gasteiger partial charge in [-0.15, -0.1) is 11.8 Å². The highest BCUT2D eigenvalue weighted by atomic mass is 32.2. The van der Waals surface area contributed by atoms with Crippen LogP contribution in [-0.2, 0) is 0 Å². The number of rotatable bonds is 2. The number of aryl methyl sites for hydroxylation is 1. The third-order valence-corrected chi connectivity index (χ3v) is 3.94. The molecule has 1 heterocycles. The Morgan fingerprint density at radius 1 is 1.35 bits per heavy atom. The zero-order valence-electron chi connectivity index (χ0n) is 10.3. The molecule has 0 radical (unpaired) electrons. The van der Waals surface area contributed by atoms with Crippen LogP contribution in [0.2, 0.25) is 0 Å². The van der Waals surface area contributed by atoms with Gasteiger partial charge in [-0.1, -0.05) is 0 Å². The van der Waals surface area contributed by atoms with Crippen molar-refractivity contribution in [2.75, 3.05) is 32.4 Å². The van der Waals surface area contributed by atoms with Crippen molar-refractivity contribution in [3.8, 4) is 0 Å². The second-order valence-electron chi connectivity index (χ2n) is 4.23. The van der Waals surface area contributed by atoms with Crippen molar-refractivity contribution < 1.29 is 4.79 Å². The number of amides is 1. The topological polar surface area (TPSA) is 32.3 Å². The van der Waals surface area contributed by atoms with E-state index >= 15 is 0 Å². The Labute approximate surface area is 107 Å². The Balaban J connectivity index is 2.16. The van der Waals surface area contributed by atoms with Crippen LogP contribution in [-0.4, -0.2) is 43.2 Å². The van der Waals surface area contributed by atoms with Crippen molar-refractivity contribution in [3.05, 3.63) is 29.3 Å². The smallest absolute Gasteiger partial charge is 0.253 e. The molecule has 1 aliphatic heterocycles. The van der Waals surface area contributed by atoms with E-state index in [0.29, 0.717) is 0 Å². The van der Waals surface area contributed by atoms with Gasteiger partial charge in [-0.05, 0) is 36.9 Å². The fourth-order valence-electron chi connectivity index (χ4n) is 2.06. The molecule has 1 aromatic carbocycles. The molecule has 1 saturated heterocycles. The van der Waals surface area contributed by atoms with Gasteiger partial charge in [0.15, 0.2) is 0 Å². The van der Waals surface area contributed by atoms with E-state index < -0.39 is 0 Å². The molecule has 1 N–H and O–H groups in total. The van der Waals surface area contributed by atoms with E-state index in [1.54, 1.807) is 11.8 Å². The minimum absolute atomic E-state index is 0.155. The second kappa shape index (κ2) is 5.56. The Morgan fingerprint density at radius 2 is 2.06 bits per heavy atom. The minimum atomic E-state index is 0.155. The van der Waals surface area contributed by atoms with E-state index in [4.69, 9.17) is 0 Å². The average Bonchev–Trinajstić information content (AvgIpc) is 2.39. The van der Waals surface area contributed by atoms with E-state index in [-0.39, 0.29) is 5.91 Å². The molecule has 0 aromatic heterocycles. The van der Waals surface area contributed by atoms with Gasteiger partial charge in [0.2, 0.25) is 0 Å². The van der Waals surface area contributed by atoms with Crippen LogP contribution in [0, 0.1) is 6.92 Å². The van der Waals surface area contributed by atoms with Gasteiger partial charge in [-0.2, -0.15) is 0 Å². The highest BCUT2D eigenvalue weighted by molar-refractivity contribution is 7.98. The summed E-state index contributed by atoms with van der Waals surface area (Å²) in [7, 11) is 0. The van der Waals surface area contributed by atoms with Crippen molar-refractivity contribution in [2.45, 2.75) is 11.8 Å². The van der Waals surface area contributed by atoms with Crippen LogP contribution < -0.4 is 5.32 Å². The number of piperazine rings is 1. The molecule has 0 spiro atoms. The molecule has 4 heteroatoms. The lowest BCUT2D eigenvalue weighted by atomic mass is 10.1. The lowest BCUT2D eigenvalue weighted by Gasteiger charge is -2.27. The first-order valence-corrected chi connectivity index (χ1v) is 7.09. The van der Waals surface area contributed by atoms with E-state index in [9.17, 15) is 4.79 Å². The molecule has 17 heavy (non-hydrogen) atoms. The summed E-state index contributed by atoms with van der Waals surface area (Å²) in [5.41, 5.74) is 1.99. The molecular formula is C13H18N2OS. The minimum Gasteiger partial charge on any atom is -0.336 e. The Kier molecular flexibility index (Phi) is 4.07. The number of benzene rings is 1. The Bertz CT molecular complexity index is 414. The van der Waals surface area contributed by atoms with Crippen LogP contribution in [0.3, 0.4) is 0 Å². The molecule has 3 nitrogen and oxygen atoms in total.